The molecule has 0 atom stereocenters. The van der Waals surface area contributed by atoms with Gasteiger partial charge in [-0.2, -0.15) is 0 Å². The number of carbonyl (C=O) groups is 1. The molecular formula is C13H18ClNO2. The first-order chi connectivity index (χ1) is 8.19. The van der Waals surface area contributed by atoms with Crippen molar-refractivity contribution < 1.29 is 9.90 Å². The van der Waals surface area contributed by atoms with Gasteiger partial charge in [-0.25, -0.2) is 0 Å². The first kappa shape index (κ1) is 14.0. The highest BCUT2D eigenvalue weighted by molar-refractivity contribution is 6.31. The maximum absolute atomic E-state index is 10.9. The van der Waals surface area contributed by atoms with E-state index in [0.29, 0.717) is 10.6 Å². The maximum atomic E-state index is 10.9. The van der Waals surface area contributed by atoms with E-state index in [-0.39, 0.29) is 6.61 Å². The Hall–Kier alpha value is -1.06. The summed E-state index contributed by atoms with van der Waals surface area (Å²) in [4.78, 5) is 12.9. The van der Waals surface area contributed by atoms with Crippen LogP contribution in [0.3, 0.4) is 0 Å². The van der Waals surface area contributed by atoms with Crippen LogP contribution in [0.2, 0.25) is 5.02 Å². The molecule has 0 bridgehead atoms. The lowest BCUT2D eigenvalue weighted by Gasteiger charge is -2.21. The quantitative estimate of drug-likeness (QED) is 0.602. The number of aldehydes is 1. The summed E-state index contributed by atoms with van der Waals surface area (Å²) in [5.74, 6) is 0. The summed E-state index contributed by atoms with van der Waals surface area (Å²) in [6.45, 7) is 1.08. The topological polar surface area (TPSA) is 40.5 Å². The molecule has 94 valence electrons. The Kier molecular flexibility index (Phi) is 6.01. The van der Waals surface area contributed by atoms with Gasteiger partial charge in [0.15, 0.2) is 6.29 Å². The van der Waals surface area contributed by atoms with E-state index in [1.165, 1.54) is 0 Å². The Balaban J connectivity index is 2.63. The lowest BCUT2D eigenvalue weighted by Crippen LogP contribution is -2.20. The Bertz CT molecular complexity index is 368. The van der Waals surface area contributed by atoms with E-state index >= 15 is 0 Å². The molecule has 0 saturated carbocycles. The van der Waals surface area contributed by atoms with Gasteiger partial charge in [0.25, 0.3) is 0 Å². The molecule has 1 aromatic carbocycles. The van der Waals surface area contributed by atoms with Gasteiger partial charge >= 0.3 is 0 Å². The zero-order valence-electron chi connectivity index (χ0n) is 10.0. The highest BCUT2D eigenvalue weighted by Gasteiger charge is 2.07. The summed E-state index contributed by atoms with van der Waals surface area (Å²) in [7, 11) is 1.94. The second-order valence-electron chi connectivity index (χ2n) is 4.03. The minimum Gasteiger partial charge on any atom is -0.396 e. The van der Waals surface area contributed by atoms with E-state index < -0.39 is 0 Å². The van der Waals surface area contributed by atoms with Crippen LogP contribution in [0, 0.1) is 0 Å². The molecule has 0 radical (unpaired) electrons. The van der Waals surface area contributed by atoms with Crippen molar-refractivity contribution in [2.24, 2.45) is 0 Å². The number of carbonyl (C=O) groups excluding carboxylic acids is 1. The van der Waals surface area contributed by atoms with Crippen molar-refractivity contribution in [1.82, 2.24) is 0 Å². The number of aliphatic hydroxyl groups is 1. The molecule has 0 aliphatic heterocycles. The van der Waals surface area contributed by atoms with Crippen molar-refractivity contribution in [2.75, 3.05) is 25.1 Å². The number of hydrogen-bond acceptors (Lipinski definition) is 3. The predicted octanol–water partition coefficient (Wildman–Crippen LogP) is 2.75. The van der Waals surface area contributed by atoms with Gasteiger partial charge in [-0.15, -0.1) is 0 Å². The molecule has 0 unspecified atom stereocenters. The highest BCUT2D eigenvalue weighted by Crippen LogP contribution is 2.23. The molecular weight excluding hydrogens is 238 g/mol. The molecule has 0 aromatic heterocycles. The average Bonchev–Trinajstić information content (AvgIpc) is 2.34. The van der Waals surface area contributed by atoms with Crippen LogP contribution in [-0.2, 0) is 0 Å². The van der Waals surface area contributed by atoms with Gasteiger partial charge in [0.2, 0.25) is 0 Å². The second kappa shape index (κ2) is 7.30. The van der Waals surface area contributed by atoms with E-state index in [2.05, 4.69) is 0 Å². The van der Waals surface area contributed by atoms with Crippen LogP contribution in [0.15, 0.2) is 18.2 Å². The third-order valence-electron chi connectivity index (χ3n) is 2.68. The van der Waals surface area contributed by atoms with Gasteiger partial charge < -0.3 is 10.0 Å². The minimum absolute atomic E-state index is 0.237. The lowest BCUT2D eigenvalue weighted by molar-refractivity contribution is 0.112. The fourth-order valence-corrected chi connectivity index (χ4v) is 1.87. The summed E-state index contributed by atoms with van der Waals surface area (Å²) in [5.41, 5.74) is 1.51. The summed E-state index contributed by atoms with van der Waals surface area (Å²) < 4.78 is 0. The Labute approximate surface area is 107 Å². The maximum Gasteiger partial charge on any atom is 0.152 e. The fourth-order valence-electron chi connectivity index (χ4n) is 1.71. The van der Waals surface area contributed by atoms with Crippen LogP contribution in [-0.4, -0.2) is 31.6 Å². The molecule has 0 heterocycles. The standard InChI is InChI=1S/C13H18ClNO2/c1-15(7-3-2-4-8-16)13-9-12(14)6-5-11(13)10-17/h5-6,9-10,16H,2-4,7-8H2,1H3. The largest absolute Gasteiger partial charge is 0.396 e. The van der Waals surface area contributed by atoms with E-state index in [1.54, 1.807) is 18.2 Å². The van der Waals surface area contributed by atoms with Crippen LogP contribution in [0.25, 0.3) is 0 Å². The van der Waals surface area contributed by atoms with Crippen LogP contribution < -0.4 is 4.90 Å². The van der Waals surface area contributed by atoms with Crippen molar-refractivity contribution in [3.8, 4) is 0 Å². The van der Waals surface area contributed by atoms with Crippen molar-refractivity contribution >= 4 is 23.6 Å². The lowest BCUT2D eigenvalue weighted by atomic mass is 10.1. The molecule has 0 spiro atoms. The monoisotopic (exact) mass is 255 g/mol. The number of aliphatic hydroxyl groups excluding tert-OH is 1. The Morgan fingerprint density at radius 1 is 1.35 bits per heavy atom. The molecule has 17 heavy (non-hydrogen) atoms. The van der Waals surface area contributed by atoms with Crippen LogP contribution >= 0.6 is 11.6 Å². The number of unbranched alkanes of at least 4 members (excludes halogenated alkanes) is 2. The molecule has 0 aliphatic carbocycles. The molecule has 1 N–H and O–H groups in total. The number of anilines is 1. The number of benzene rings is 1. The van der Waals surface area contributed by atoms with Crippen molar-refractivity contribution in [1.29, 1.82) is 0 Å². The number of hydrogen-bond donors (Lipinski definition) is 1. The third kappa shape index (κ3) is 4.36. The SMILES string of the molecule is CN(CCCCCO)c1cc(Cl)ccc1C=O. The van der Waals surface area contributed by atoms with E-state index in [0.717, 1.165) is 37.8 Å². The van der Waals surface area contributed by atoms with Crippen LogP contribution in [0.4, 0.5) is 5.69 Å². The van der Waals surface area contributed by atoms with Crippen LogP contribution in [0.1, 0.15) is 29.6 Å². The van der Waals surface area contributed by atoms with Crippen molar-refractivity contribution in [3.63, 3.8) is 0 Å². The first-order valence-electron chi connectivity index (χ1n) is 5.75. The third-order valence-corrected chi connectivity index (χ3v) is 2.92. The molecule has 0 saturated heterocycles. The molecule has 0 aliphatic rings. The van der Waals surface area contributed by atoms with Gasteiger partial charge in [-0.05, 0) is 37.5 Å². The number of nitrogens with zero attached hydrogens (tertiary/aromatic N) is 1. The van der Waals surface area contributed by atoms with E-state index in [1.807, 2.05) is 11.9 Å². The summed E-state index contributed by atoms with van der Waals surface area (Å²) in [6, 6.07) is 5.25. The smallest absolute Gasteiger partial charge is 0.152 e. The average molecular weight is 256 g/mol. The molecule has 0 amide bonds. The zero-order valence-corrected chi connectivity index (χ0v) is 10.8. The van der Waals surface area contributed by atoms with Gasteiger partial charge in [0.1, 0.15) is 0 Å². The normalized spacial score (nSPS) is 10.3. The predicted molar refractivity (Wildman–Crippen MR) is 71.0 cm³/mol. The molecule has 1 aromatic rings. The van der Waals surface area contributed by atoms with Gasteiger partial charge in [-0.1, -0.05) is 11.6 Å². The number of halogens is 1. The number of rotatable bonds is 7. The van der Waals surface area contributed by atoms with Crippen LogP contribution in [0.5, 0.6) is 0 Å². The Morgan fingerprint density at radius 3 is 2.76 bits per heavy atom. The van der Waals surface area contributed by atoms with E-state index in [9.17, 15) is 4.79 Å². The summed E-state index contributed by atoms with van der Waals surface area (Å²) in [5, 5.41) is 9.32. The highest BCUT2D eigenvalue weighted by atomic mass is 35.5. The minimum atomic E-state index is 0.237. The Morgan fingerprint density at radius 2 is 2.12 bits per heavy atom. The zero-order chi connectivity index (χ0) is 12.7. The van der Waals surface area contributed by atoms with E-state index in [4.69, 9.17) is 16.7 Å². The summed E-state index contributed by atoms with van der Waals surface area (Å²) >= 11 is 5.93. The van der Waals surface area contributed by atoms with Crippen molar-refractivity contribution in [2.45, 2.75) is 19.3 Å². The second-order valence-corrected chi connectivity index (χ2v) is 4.46. The molecule has 4 heteroatoms. The molecule has 0 fully saturated rings. The molecule has 1 rings (SSSR count). The van der Waals surface area contributed by atoms with Gasteiger partial charge in [-0.3, -0.25) is 4.79 Å². The molecule has 3 nitrogen and oxygen atoms in total. The fraction of sp³-hybridized carbons (Fsp3) is 0.462. The van der Waals surface area contributed by atoms with Gasteiger partial charge in [0.05, 0.1) is 0 Å². The van der Waals surface area contributed by atoms with Crippen molar-refractivity contribution in [3.05, 3.63) is 28.8 Å². The van der Waals surface area contributed by atoms with Gasteiger partial charge in [0, 0.05) is 36.5 Å². The summed E-state index contributed by atoms with van der Waals surface area (Å²) in [6.07, 6.45) is 3.64. The first-order valence-corrected chi connectivity index (χ1v) is 6.13.